The maximum Gasteiger partial charge on any atom is 0.257 e. The zero-order chi connectivity index (χ0) is 33.7. The molecule has 11 nitrogen and oxygen atoms in total. The number of aromatic nitrogens is 2. The molecule has 2 saturated heterocycles. The van der Waals surface area contributed by atoms with Gasteiger partial charge in [0.2, 0.25) is 11.8 Å². The SMILES string of the molecule is CNC(=O)[C@@H](NC(=O)[C@@H]1CN(C(=O)c2cnn(Cc3ccccc3)c2)CC12CN(C(=O)c1ccccc1)C2)[C@@H](C)OCc1ccccc1. The second-order valence-electron chi connectivity index (χ2n) is 12.6. The van der Waals surface area contributed by atoms with E-state index in [1.165, 1.54) is 7.05 Å². The van der Waals surface area contributed by atoms with Crippen LogP contribution in [0.25, 0.3) is 0 Å². The molecule has 0 unspecified atom stereocenters. The highest BCUT2D eigenvalue weighted by atomic mass is 16.5. The van der Waals surface area contributed by atoms with E-state index in [9.17, 15) is 19.2 Å². The number of carbonyl (C=O) groups is 4. The number of hydrogen-bond donors (Lipinski definition) is 2. The van der Waals surface area contributed by atoms with Gasteiger partial charge in [0, 0.05) is 50.4 Å². The number of nitrogens with zero attached hydrogens (tertiary/aromatic N) is 4. The van der Waals surface area contributed by atoms with Gasteiger partial charge >= 0.3 is 0 Å². The molecule has 0 radical (unpaired) electrons. The van der Waals surface area contributed by atoms with Crippen LogP contribution in [0.2, 0.25) is 0 Å². The van der Waals surface area contributed by atoms with E-state index in [4.69, 9.17) is 4.74 Å². The van der Waals surface area contributed by atoms with Gasteiger partial charge in [0.15, 0.2) is 0 Å². The predicted molar refractivity (Wildman–Crippen MR) is 179 cm³/mol. The van der Waals surface area contributed by atoms with Crippen molar-refractivity contribution in [2.24, 2.45) is 11.3 Å². The molecule has 0 bridgehead atoms. The Morgan fingerprint density at radius 3 is 2.06 bits per heavy atom. The fourth-order valence-electron chi connectivity index (χ4n) is 6.64. The zero-order valence-corrected chi connectivity index (χ0v) is 27.1. The molecule has 2 fully saturated rings. The van der Waals surface area contributed by atoms with Crippen molar-refractivity contribution in [1.29, 1.82) is 0 Å². The van der Waals surface area contributed by atoms with Crippen LogP contribution in [0.5, 0.6) is 0 Å². The van der Waals surface area contributed by atoms with Gasteiger partial charge in [0.25, 0.3) is 11.8 Å². The minimum atomic E-state index is -0.966. The van der Waals surface area contributed by atoms with Crippen LogP contribution in [0, 0.1) is 11.3 Å². The molecule has 11 heteroatoms. The minimum Gasteiger partial charge on any atom is -0.371 e. The first-order valence-electron chi connectivity index (χ1n) is 16.1. The van der Waals surface area contributed by atoms with Crippen molar-refractivity contribution < 1.29 is 23.9 Å². The smallest absolute Gasteiger partial charge is 0.257 e. The molecule has 3 heterocycles. The Morgan fingerprint density at radius 2 is 1.42 bits per heavy atom. The summed E-state index contributed by atoms with van der Waals surface area (Å²) in [5.41, 5.74) is 2.31. The van der Waals surface area contributed by atoms with Crippen molar-refractivity contribution >= 4 is 23.6 Å². The molecule has 2 aliphatic rings. The van der Waals surface area contributed by atoms with Crippen LogP contribution in [0.4, 0.5) is 0 Å². The summed E-state index contributed by atoms with van der Waals surface area (Å²) in [6.07, 6.45) is 2.62. The molecule has 0 saturated carbocycles. The number of ether oxygens (including phenoxy) is 1. The molecule has 6 rings (SSSR count). The lowest BCUT2D eigenvalue weighted by Crippen LogP contribution is -2.65. The molecule has 2 aliphatic heterocycles. The van der Waals surface area contributed by atoms with Crippen LogP contribution in [0.15, 0.2) is 103 Å². The Kier molecular flexibility index (Phi) is 9.67. The monoisotopic (exact) mass is 648 g/mol. The van der Waals surface area contributed by atoms with E-state index in [2.05, 4.69) is 15.7 Å². The molecule has 3 aromatic carbocycles. The lowest BCUT2D eigenvalue weighted by Gasteiger charge is -2.50. The van der Waals surface area contributed by atoms with Crippen molar-refractivity contribution in [2.75, 3.05) is 33.2 Å². The summed E-state index contributed by atoms with van der Waals surface area (Å²) in [6.45, 7) is 3.58. The van der Waals surface area contributed by atoms with E-state index < -0.39 is 23.5 Å². The molecule has 48 heavy (non-hydrogen) atoms. The first-order valence-corrected chi connectivity index (χ1v) is 16.1. The van der Waals surface area contributed by atoms with Gasteiger partial charge in [-0.2, -0.15) is 5.10 Å². The largest absolute Gasteiger partial charge is 0.371 e. The quantitative estimate of drug-likeness (QED) is 0.258. The molecular formula is C37H40N6O5. The van der Waals surface area contributed by atoms with Gasteiger partial charge in [-0.1, -0.05) is 78.9 Å². The van der Waals surface area contributed by atoms with E-state index >= 15 is 0 Å². The topological polar surface area (TPSA) is 126 Å². The Hall–Kier alpha value is -5.29. The molecule has 4 aromatic rings. The number of amides is 4. The van der Waals surface area contributed by atoms with Crippen molar-refractivity contribution in [3.8, 4) is 0 Å². The van der Waals surface area contributed by atoms with E-state index in [0.717, 1.165) is 11.1 Å². The molecule has 1 aromatic heterocycles. The second-order valence-corrected chi connectivity index (χ2v) is 12.6. The van der Waals surface area contributed by atoms with E-state index in [1.54, 1.807) is 45.9 Å². The fourth-order valence-corrected chi connectivity index (χ4v) is 6.64. The standard InChI is InChI=1S/C37H40N6O5/c1-26(48-22-28-14-8-4-9-15-28)32(34(45)38-2)40-33(44)31-21-41(23-37(31)24-42(25-37)35(46)29-16-10-5-11-17-29)36(47)30-18-39-43(20-30)19-27-12-6-3-7-13-27/h3-18,20,26,31-32H,19,21-25H2,1-2H3,(H,38,45)(H,40,44)/t26-,31+,32+/m1/s1. The summed E-state index contributed by atoms with van der Waals surface area (Å²) >= 11 is 0. The fraction of sp³-hybridized carbons (Fsp3) is 0.324. The summed E-state index contributed by atoms with van der Waals surface area (Å²) in [4.78, 5) is 57.6. The first-order chi connectivity index (χ1) is 23.3. The van der Waals surface area contributed by atoms with Crippen molar-refractivity contribution in [2.45, 2.75) is 32.2 Å². The van der Waals surface area contributed by atoms with Gasteiger partial charge < -0.3 is 25.2 Å². The first kappa shape index (κ1) is 32.6. The van der Waals surface area contributed by atoms with E-state index in [0.29, 0.717) is 30.8 Å². The van der Waals surface area contributed by atoms with Crippen LogP contribution >= 0.6 is 0 Å². The molecule has 4 amide bonds. The number of carbonyl (C=O) groups excluding carboxylic acids is 4. The summed E-state index contributed by atoms with van der Waals surface area (Å²) in [5, 5.41) is 9.98. The number of likely N-dealkylation sites (N-methyl/N-ethyl adjacent to an activating group) is 1. The van der Waals surface area contributed by atoms with Gasteiger partial charge in [-0.3, -0.25) is 23.9 Å². The molecule has 2 N–H and O–H groups in total. The van der Waals surface area contributed by atoms with Gasteiger partial charge in [-0.15, -0.1) is 0 Å². The number of likely N-dealkylation sites (tertiary alicyclic amines) is 2. The predicted octanol–water partition coefficient (Wildman–Crippen LogP) is 2.98. The molecule has 3 atom stereocenters. The van der Waals surface area contributed by atoms with Crippen LogP contribution in [0.1, 0.15) is 38.8 Å². The Labute approximate surface area is 279 Å². The zero-order valence-electron chi connectivity index (χ0n) is 27.1. The molecule has 1 spiro atoms. The van der Waals surface area contributed by atoms with E-state index in [-0.39, 0.29) is 43.3 Å². The average Bonchev–Trinajstić information content (AvgIpc) is 3.75. The maximum absolute atomic E-state index is 14.1. The van der Waals surface area contributed by atoms with Crippen LogP contribution < -0.4 is 10.6 Å². The maximum atomic E-state index is 14.1. The molecule has 0 aliphatic carbocycles. The lowest BCUT2D eigenvalue weighted by atomic mass is 9.70. The number of rotatable bonds is 11. The highest BCUT2D eigenvalue weighted by Gasteiger charge is 2.59. The third-order valence-electron chi connectivity index (χ3n) is 9.29. The van der Waals surface area contributed by atoms with Crippen molar-refractivity contribution in [3.05, 3.63) is 126 Å². The lowest BCUT2D eigenvalue weighted by molar-refractivity contribution is -0.138. The Balaban J connectivity index is 1.19. The molecule has 248 valence electrons. The second kappa shape index (κ2) is 14.2. The van der Waals surface area contributed by atoms with E-state index in [1.807, 2.05) is 78.9 Å². The van der Waals surface area contributed by atoms with Gasteiger partial charge in [0.05, 0.1) is 36.9 Å². The van der Waals surface area contributed by atoms with Crippen LogP contribution in [-0.2, 0) is 27.5 Å². The third kappa shape index (κ3) is 7.01. The minimum absolute atomic E-state index is 0.126. The normalized spacial score (nSPS) is 17.8. The highest BCUT2D eigenvalue weighted by molar-refractivity contribution is 5.97. The van der Waals surface area contributed by atoms with Gasteiger partial charge in [-0.25, -0.2) is 0 Å². The highest BCUT2D eigenvalue weighted by Crippen LogP contribution is 2.45. The van der Waals surface area contributed by atoms with Crippen molar-refractivity contribution in [1.82, 2.24) is 30.2 Å². The number of benzene rings is 3. The Morgan fingerprint density at radius 1 is 0.833 bits per heavy atom. The summed E-state index contributed by atoms with van der Waals surface area (Å²) in [5.74, 6) is -1.77. The Bertz CT molecular complexity index is 1740. The van der Waals surface area contributed by atoms with Gasteiger partial charge in [0.1, 0.15) is 6.04 Å². The third-order valence-corrected chi connectivity index (χ3v) is 9.29. The van der Waals surface area contributed by atoms with Crippen LogP contribution in [-0.4, -0.2) is 88.6 Å². The van der Waals surface area contributed by atoms with Crippen LogP contribution in [0.3, 0.4) is 0 Å². The number of hydrogen-bond acceptors (Lipinski definition) is 6. The summed E-state index contributed by atoms with van der Waals surface area (Å²) < 4.78 is 7.74. The van der Waals surface area contributed by atoms with Gasteiger partial charge in [-0.05, 0) is 30.2 Å². The summed E-state index contributed by atoms with van der Waals surface area (Å²) in [7, 11) is 1.51. The van der Waals surface area contributed by atoms with Crippen molar-refractivity contribution in [3.63, 3.8) is 0 Å². The summed E-state index contributed by atoms with van der Waals surface area (Å²) in [6, 6.07) is 27.5. The number of nitrogens with one attached hydrogen (secondary N) is 2. The molecular weight excluding hydrogens is 608 g/mol. The average molecular weight is 649 g/mol.